The highest BCUT2D eigenvalue weighted by molar-refractivity contribution is 5.46. The summed E-state index contributed by atoms with van der Waals surface area (Å²) in [6.45, 7) is 6.10. The van der Waals surface area contributed by atoms with E-state index in [0.29, 0.717) is 19.3 Å². The fourth-order valence-corrected chi connectivity index (χ4v) is 1.79. The van der Waals surface area contributed by atoms with Crippen molar-refractivity contribution in [2.24, 2.45) is 0 Å². The first-order valence-electron chi connectivity index (χ1n) is 6.23. The molecular weight excluding hydrogens is 230 g/mol. The molecule has 0 aliphatic rings. The Labute approximate surface area is 109 Å². The van der Waals surface area contributed by atoms with Gasteiger partial charge in [-0.2, -0.15) is 0 Å². The van der Waals surface area contributed by atoms with Gasteiger partial charge in [0.2, 0.25) is 0 Å². The van der Waals surface area contributed by atoms with Crippen LogP contribution in [-0.4, -0.2) is 33.5 Å². The summed E-state index contributed by atoms with van der Waals surface area (Å²) in [7, 11) is 3.37. The average Bonchev–Trinajstić information content (AvgIpc) is 2.37. The first-order chi connectivity index (χ1) is 8.72. The van der Waals surface area contributed by atoms with Gasteiger partial charge in [0.25, 0.3) is 0 Å². The molecule has 0 aliphatic heterocycles. The Kier molecular flexibility index (Phi) is 6.54. The van der Waals surface area contributed by atoms with Crippen molar-refractivity contribution < 1.29 is 14.2 Å². The SMILES string of the molecule is CCOc1cccc(CNC(C)COC)c1OC. The summed E-state index contributed by atoms with van der Waals surface area (Å²) >= 11 is 0. The quantitative estimate of drug-likeness (QED) is 0.771. The van der Waals surface area contributed by atoms with Gasteiger partial charge in [-0.05, 0) is 19.9 Å². The van der Waals surface area contributed by atoms with Crippen LogP contribution < -0.4 is 14.8 Å². The third kappa shape index (κ3) is 4.20. The van der Waals surface area contributed by atoms with Gasteiger partial charge >= 0.3 is 0 Å². The Morgan fingerprint density at radius 3 is 2.67 bits per heavy atom. The van der Waals surface area contributed by atoms with Crippen LogP contribution >= 0.6 is 0 Å². The molecule has 1 aromatic carbocycles. The monoisotopic (exact) mass is 253 g/mol. The lowest BCUT2D eigenvalue weighted by molar-refractivity contribution is 0.171. The molecule has 0 saturated heterocycles. The fourth-order valence-electron chi connectivity index (χ4n) is 1.79. The molecule has 0 aromatic heterocycles. The maximum Gasteiger partial charge on any atom is 0.165 e. The van der Waals surface area contributed by atoms with E-state index >= 15 is 0 Å². The molecule has 1 unspecified atom stereocenters. The predicted octanol–water partition coefficient (Wildman–Crippen LogP) is 2.22. The molecule has 1 rings (SSSR count). The van der Waals surface area contributed by atoms with E-state index in [0.717, 1.165) is 23.6 Å². The average molecular weight is 253 g/mol. The highest BCUT2D eigenvalue weighted by Crippen LogP contribution is 2.30. The van der Waals surface area contributed by atoms with Crippen molar-refractivity contribution in [3.63, 3.8) is 0 Å². The largest absolute Gasteiger partial charge is 0.493 e. The lowest BCUT2D eigenvalue weighted by Gasteiger charge is -2.16. The Bertz CT molecular complexity index is 355. The van der Waals surface area contributed by atoms with Gasteiger partial charge < -0.3 is 19.5 Å². The molecular formula is C14H23NO3. The minimum Gasteiger partial charge on any atom is -0.493 e. The van der Waals surface area contributed by atoms with Gasteiger partial charge in [-0.1, -0.05) is 12.1 Å². The smallest absolute Gasteiger partial charge is 0.165 e. The highest BCUT2D eigenvalue weighted by Gasteiger charge is 2.10. The molecule has 0 aliphatic carbocycles. The molecule has 1 aromatic rings. The Balaban J connectivity index is 2.72. The summed E-state index contributed by atoms with van der Waals surface area (Å²) < 4.78 is 16.1. The van der Waals surface area contributed by atoms with Gasteiger partial charge in [0, 0.05) is 25.3 Å². The van der Waals surface area contributed by atoms with Crippen molar-refractivity contribution in [1.29, 1.82) is 0 Å². The molecule has 0 fully saturated rings. The van der Waals surface area contributed by atoms with Crippen LogP contribution in [0.1, 0.15) is 19.4 Å². The maximum absolute atomic E-state index is 5.55. The summed E-state index contributed by atoms with van der Waals surface area (Å²) in [5.74, 6) is 1.59. The lowest BCUT2D eigenvalue weighted by atomic mass is 10.1. The number of hydrogen-bond donors (Lipinski definition) is 1. The zero-order valence-electron chi connectivity index (χ0n) is 11.7. The zero-order chi connectivity index (χ0) is 13.4. The lowest BCUT2D eigenvalue weighted by Crippen LogP contribution is -2.29. The van der Waals surface area contributed by atoms with Crippen LogP contribution in [-0.2, 0) is 11.3 Å². The summed E-state index contributed by atoms with van der Waals surface area (Å²) in [6.07, 6.45) is 0. The Hall–Kier alpha value is -1.26. The maximum atomic E-state index is 5.55. The summed E-state index contributed by atoms with van der Waals surface area (Å²) in [5, 5.41) is 3.38. The van der Waals surface area contributed by atoms with Crippen LogP contribution in [0.5, 0.6) is 11.5 Å². The summed E-state index contributed by atoms with van der Waals surface area (Å²) in [4.78, 5) is 0. The van der Waals surface area contributed by atoms with Crippen LogP contribution in [0.3, 0.4) is 0 Å². The summed E-state index contributed by atoms with van der Waals surface area (Å²) in [6, 6.07) is 6.24. The molecule has 4 heteroatoms. The minimum absolute atomic E-state index is 0.301. The van der Waals surface area contributed by atoms with E-state index in [2.05, 4.69) is 12.2 Å². The molecule has 1 N–H and O–H groups in total. The van der Waals surface area contributed by atoms with E-state index < -0.39 is 0 Å². The number of hydrogen-bond acceptors (Lipinski definition) is 4. The molecule has 0 bridgehead atoms. The number of nitrogens with one attached hydrogen (secondary N) is 1. The van der Waals surface area contributed by atoms with E-state index in [1.165, 1.54) is 0 Å². The molecule has 102 valence electrons. The second-order valence-electron chi connectivity index (χ2n) is 4.12. The first-order valence-corrected chi connectivity index (χ1v) is 6.23. The van der Waals surface area contributed by atoms with E-state index in [-0.39, 0.29) is 0 Å². The Morgan fingerprint density at radius 1 is 1.28 bits per heavy atom. The van der Waals surface area contributed by atoms with Gasteiger partial charge in [-0.15, -0.1) is 0 Å². The van der Waals surface area contributed by atoms with Gasteiger partial charge in [-0.3, -0.25) is 0 Å². The van der Waals surface area contributed by atoms with Crippen LogP contribution in [0, 0.1) is 0 Å². The first kappa shape index (κ1) is 14.8. The molecule has 18 heavy (non-hydrogen) atoms. The van der Waals surface area contributed by atoms with Gasteiger partial charge in [0.15, 0.2) is 11.5 Å². The van der Waals surface area contributed by atoms with Crippen molar-refractivity contribution in [2.45, 2.75) is 26.4 Å². The van der Waals surface area contributed by atoms with Crippen LogP contribution in [0.4, 0.5) is 0 Å². The van der Waals surface area contributed by atoms with Crippen LogP contribution in [0.2, 0.25) is 0 Å². The van der Waals surface area contributed by atoms with Crippen molar-refractivity contribution in [3.05, 3.63) is 23.8 Å². The standard InChI is InChI=1S/C14H23NO3/c1-5-18-13-8-6-7-12(14(13)17-4)9-15-11(2)10-16-3/h6-8,11,15H,5,9-10H2,1-4H3. The number of rotatable bonds is 8. The Morgan fingerprint density at radius 2 is 2.06 bits per heavy atom. The van der Waals surface area contributed by atoms with Gasteiger partial charge in [0.1, 0.15) is 0 Å². The minimum atomic E-state index is 0.301. The molecule has 4 nitrogen and oxygen atoms in total. The zero-order valence-corrected chi connectivity index (χ0v) is 11.7. The molecule has 0 spiro atoms. The topological polar surface area (TPSA) is 39.7 Å². The fraction of sp³-hybridized carbons (Fsp3) is 0.571. The number of ether oxygens (including phenoxy) is 3. The second-order valence-corrected chi connectivity index (χ2v) is 4.12. The molecule has 0 radical (unpaired) electrons. The van der Waals surface area contributed by atoms with Crippen LogP contribution in [0.15, 0.2) is 18.2 Å². The number of para-hydroxylation sites is 1. The molecule has 0 heterocycles. The van der Waals surface area contributed by atoms with E-state index in [1.54, 1.807) is 14.2 Å². The van der Waals surface area contributed by atoms with Gasteiger partial charge in [0.05, 0.1) is 20.3 Å². The van der Waals surface area contributed by atoms with Crippen LogP contribution in [0.25, 0.3) is 0 Å². The van der Waals surface area contributed by atoms with E-state index in [1.807, 2.05) is 25.1 Å². The third-order valence-electron chi connectivity index (χ3n) is 2.62. The summed E-state index contributed by atoms with van der Waals surface area (Å²) in [5.41, 5.74) is 1.09. The van der Waals surface area contributed by atoms with E-state index in [9.17, 15) is 0 Å². The van der Waals surface area contributed by atoms with E-state index in [4.69, 9.17) is 14.2 Å². The second kappa shape index (κ2) is 7.95. The number of benzene rings is 1. The van der Waals surface area contributed by atoms with Crippen molar-refractivity contribution >= 4 is 0 Å². The molecule has 0 saturated carbocycles. The van der Waals surface area contributed by atoms with Crippen molar-refractivity contribution in [1.82, 2.24) is 5.32 Å². The normalized spacial score (nSPS) is 12.2. The van der Waals surface area contributed by atoms with Crippen molar-refractivity contribution in [3.8, 4) is 11.5 Å². The molecule has 0 amide bonds. The number of methoxy groups -OCH3 is 2. The third-order valence-corrected chi connectivity index (χ3v) is 2.62. The highest BCUT2D eigenvalue weighted by atomic mass is 16.5. The predicted molar refractivity (Wildman–Crippen MR) is 72.3 cm³/mol. The van der Waals surface area contributed by atoms with Gasteiger partial charge in [-0.25, -0.2) is 0 Å². The molecule has 1 atom stereocenters. The van der Waals surface area contributed by atoms with Crippen molar-refractivity contribution in [2.75, 3.05) is 27.4 Å².